The van der Waals surface area contributed by atoms with Crippen molar-refractivity contribution < 1.29 is 0 Å². The van der Waals surface area contributed by atoms with E-state index in [4.69, 9.17) is 4.98 Å². The Balaban J connectivity index is 2.01. The number of imidazole rings is 1. The topological polar surface area (TPSA) is 42.7 Å². The van der Waals surface area contributed by atoms with Gasteiger partial charge < -0.3 is 9.88 Å². The summed E-state index contributed by atoms with van der Waals surface area (Å²) in [6.45, 7) is 5.54. The third-order valence-electron chi connectivity index (χ3n) is 3.63. The number of pyridine rings is 1. The lowest BCUT2D eigenvalue weighted by molar-refractivity contribution is 0.528. The van der Waals surface area contributed by atoms with Crippen LogP contribution in [0, 0.1) is 0 Å². The number of hydrogen-bond acceptors (Lipinski definition) is 3. The normalized spacial score (nSPS) is 20.1. The summed E-state index contributed by atoms with van der Waals surface area (Å²) in [5.74, 6) is 1.16. The van der Waals surface area contributed by atoms with Crippen molar-refractivity contribution in [3.8, 4) is 0 Å². The molecule has 0 amide bonds. The Morgan fingerprint density at radius 3 is 3.11 bits per heavy atom. The van der Waals surface area contributed by atoms with Gasteiger partial charge in [0.25, 0.3) is 0 Å². The molecule has 1 fully saturated rings. The van der Waals surface area contributed by atoms with Gasteiger partial charge in [-0.25, -0.2) is 9.97 Å². The minimum absolute atomic E-state index is 0.404. The van der Waals surface area contributed by atoms with Crippen molar-refractivity contribution in [1.29, 1.82) is 0 Å². The Labute approximate surface area is 107 Å². The molecule has 4 nitrogen and oxygen atoms in total. The van der Waals surface area contributed by atoms with Crippen LogP contribution in [0.15, 0.2) is 18.3 Å². The maximum atomic E-state index is 4.76. The molecule has 1 N–H and O–H groups in total. The van der Waals surface area contributed by atoms with Gasteiger partial charge in [-0.05, 0) is 45.4 Å². The van der Waals surface area contributed by atoms with Crippen LogP contribution in [0.25, 0.3) is 11.2 Å². The summed E-state index contributed by atoms with van der Waals surface area (Å²) >= 11 is 0. The average molecular weight is 244 g/mol. The maximum absolute atomic E-state index is 4.76. The van der Waals surface area contributed by atoms with Crippen LogP contribution in [0.2, 0.25) is 0 Å². The molecule has 1 aliphatic heterocycles. The molecule has 0 radical (unpaired) electrons. The van der Waals surface area contributed by atoms with Gasteiger partial charge in [-0.3, -0.25) is 0 Å². The van der Waals surface area contributed by atoms with Gasteiger partial charge >= 0.3 is 0 Å². The largest absolute Gasteiger partial charge is 0.314 e. The van der Waals surface area contributed by atoms with Crippen LogP contribution >= 0.6 is 0 Å². The molecule has 0 saturated carbocycles. The molecular formula is C14H20N4. The van der Waals surface area contributed by atoms with Gasteiger partial charge in [-0.2, -0.15) is 0 Å². The highest BCUT2D eigenvalue weighted by molar-refractivity contribution is 5.71. The summed E-state index contributed by atoms with van der Waals surface area (Å²) in [5, 5.41) is 3.54. The molecule has 1 aliphatic rings. The molecule has 96 valence electrons. The second kappa shape index (κ2) is 4.69. The van der Waals surface area contributed by atoms with Crippen molar-refractivity contribution >= 4 is 11.2 Å². The molecule has 18 heavy (non-hydrogen) atoms. The number of hydrogen-bond donors (Lipinski definition) is 1. The molecule has 3 heterocycles. The van der Waals surface area contributed by atoms with E-state index in [0.717, 1.165) is 30.0 Å². The van der Waals surface area contributed by atoms with E-state index < -0.39 is 0 Å². The van der Waals surface area contributed by atoms with Crippen molar-refractivity contribution in [3.63, 3.8) is 0 Å². The molecular weight excluding hydrogens is 224 g/mol. The van der Waals surface area contributed by atoms with Gasteiger partial charge in [0, 0.05) is 24.7 Å². The number of aromatic nitrogens is 3. The summed E-state index contributed by atoms with van der Waals surface area (Å²) in [7, 11) is 0. The first kappa shape index (κ1) is 11.7. The predicted octanol–water partition coefficient (Wildman–Crippen LogP) is 2.31. The second-order valence-electron chi connectivity index (χ2n) is 5.34. The highest BCUT2D eigenvalue weighted by atomic mass is 15.1. The quantitative estimate of drug-likeness (QED) is 0.901. The zero-order chi connectivity index (χ0) is 12.5. The van der Waals surface area contributed by atoms with E-state index in [2.05, 4.69) is 28.7 Å². The molecule has 3 rings (SSSR count). The predicted molar refractivity (Wildman–Crippen MR) is 72.6 cm³/mol. The van der Waals surface area contributed by atoms with Crippen LogP contribution in [0.1, 0.15) is 38.6 Å². The Morgan fingerprint density at radius 1 is 1.50 bits per heavy atom. The van der Waals surface area contributed by atoms with Crippen molar-refractivity contribution in [3.05, 3.63) is 24.2 Å². The van der Waals surface area contributed by atoms with Crippen LogP contribution in [0.3, 0.4) is 0 Å². The molecule has 1 atom stereocenters. The van der Waals surface area contributed by atoms with Crippen LogP contribution in [-0.2, 0) is 6.42 Å². The minimum Gasteiger partial charge on any atom is -0.314 e. The monoisotopic (exact) mass is 244 g/mol. The highest BCUT2D eigenvalue weighted by Crippen LogP contribution is 2.21. The fourth-order valence-electron chi connectivity index (χ4n) is 2.81. The number of nitrogens with one attached hydrogen (secondary N) is 1. The van der Waals surface area contributed by atoms with Gasteiger partial charge in [0.15, 0.2) is 5.65 Å². The smallest absolute Gasteiger partial charge is 0.160 e. The molecule has 0 aliphatic carbocycles. The van der Waals surface area contributed by atoms with Crippen LogP contribution in [0.5, 0.6) is 0 Å². The Bertz CT molecular complexity index is 538. The van der Waals surface area contributed by atoms with Crippen molar-refractivity contribution in [2.24, 2.45) is 0 Å². The minimum atomic E-state index is 0.404. The second-order valence-corrected chi connectivity index (χ2v) is 5.34. The lowest BCUT2D eigenvalue weighted by Crippen LogP contribution is -2.25. The first-order valence-corrected chi connectivity index (χ1v) is 6.81. The highest BCUT2D eigenvalue weighted by Gasteiger charge is 2.20. The van der Waals surface area contributed by atoms with E-state index in [9.17, 15) is 0 Å². The Morgan fingerprint density at radius 2 is 2.39 bits per heavy atom. The molecule has 1 saturated heterocycles. The molecule has 2 aromatic rings. The maximum Gasteiger partial charge on any atom is 0.160 e. The fourth-order valence-corrected chi connectivity index (χ4v) is 2.81. The molecule has 4 heteroatoms. The zero-order valence-electron chi connectivity index (χ0n) is 11.1. The summed E-state index contributed by atoms with van der Waals surface area (Å²) in [4.78, 5) is 9.24. The number of nitrogens with zero attached hydrogens (tertiary/aromatic N) is 3. The van der Waals surface area contributed by atoms with Crippen molar-refractivity contribution in [2.75, 3.05) is 6.54 Å². The Hall–Kier alpha value is -1.42. The molecule has 1 unspecified atom stereocenters. The first-order chi connectivity index (χ1) is 8.75. The van der Waals surface area contributed by atoms with E-state index in [1.807, 2.05) is 18.3 Å². The van der Waals surface area contributed by atoms with Crippen LogP contribution in [-0.4, -0.2) is 27.1 Å². The standard InChI is InChI=1S/C14H20N4/c1-10(2)18-13(9-11-5-3-7-15-11)17-12-6-4-8-16-14(12)18/h4,6,8,10-11,15H,3,5,7,9H2,1-2H3. The molecule has 0 spiro atoms. The lowest BCUT2D eigenvalue weighted by atomic mass is 10.1. The summed E-state index contributed by atoms with van der Waals surface area (Å²) in [6, 6.07) is 4.99. The third kappa shape index (κ3) is 2.01. The van der Waals surface area contributed by atoms with E-state index >= 15 is 0 Å². The van der Waals surface area contributed by atoms with Gasteiger partial charge in [0.2, 0.25) is 0 Å². The summed E-state index contributed by atoms with van der Waals surface area (Å²) in [5.41, 5.74) is 2.03. The lowest BCUT2D eigenvalue weighted by Gasteiger charge is -2.15. The van der Waals surface area contributed by atoms with E-state index in [1.165, 1.54) is 12.8 Å². The van der Waals surface area contributed by atoms with Crippen LogP contribution in [0.4, 0.5) is 0 Å². The molecule has 0 bridgehead atoms. The number of fused-ring (bicyclic) bond motifs is 1. The van der Waals surface area contributed by atoms with E-state index in [1.54, 1.807) is 0 Å². The third-order valence-corrected chi connectivity index (χ3v) is 3.63. The summed E-state index contributed by atoms with van der Waals surface area (Å²) in [6.07, 6.45) is 5.40. The van der Waals surface area contributed by atoms with Gasteiger partial charge in [-0.15, -0.1) is 0 Å². The first-order valence-electron chi connectivity index (χ1n) is 6.81. The average Bonchev–Trinajstić information content (AvgIpc) is 2.95. The van der Waals surface area contributed by atoms with Crippen molar-refractivity contribution in [2.45, 2.75) is 45.2 Å². The van der Waals surface area contributed by atoms with Gasteiger partial charge in [-0.1, -0.05) is 0 Å². The summed E-state index contributed by atoms with van der Waals surface area (Å²) < 4.78 is 2.27. The van der Waals surface area contributed by atoms with E-state index in [0.29, 0.717) is 12.1 Å². The fraction of sp³-hybridized carbons (Fsp3) is 0.571. The zero-order valence-corrected chi connectivity index (χ0v) is 11.1. The SMILES string of the molecule is CC(C)n1c(CC2CCCN2)nc2cccnc21. The van der Waals surface area contributed by atoms with Gasteiger partial charge in [0.1, 0.15) is 11.3 Å². The number of rotatable bonds is 3. The van der Waals surface area contributed by atoms with E-state index in [-0.39, 0.29) is 0 Å². The van der Waals surface area contributed by atoms with Crippen LogP contribution < -0.4 is 5.32 Å². The molecule has 0 aromatic carbocycles. The molecule has 2 aromatic heterocycles. The van der Waals surface area contributed by atoms with Gasteiger partial charge in [0.05, 0.1) is 0 Å². The Kier molecular flexibility index (Phi) is 3.04. The van der Waals surface area contributed by atoms with Crippen molar-refractivity contribution in [1.82, 2.24) is 19.9 Å².